The molecule has 0 saturated heterocycles. The van der Waals surface area contributed by atoms with Crippen molar-refractivity contribution in [2.75, 3.05) is 13.2 Å². The highest BCUT2D eigenvalue weighted by Crippen LogP contribution is 2.36. The lowest BCUT2D eigenvalue weighted by molar-refractivity contribution is -0.137. The first-order valence-corrected chi connectivity index (χ1v) is 11.0. The molecule has 0 fully saturated rings. The van der Waals surface area contributed by atoms with Crippen LogP contribution in [0.25, 0.3) is 0 Å². The van der Waals surface area contributed by atoms with Gasteiger partial charge in [0.25, 0.3) is 0 Å². The standard InChI is InChI=1S/C17H34O3Si/c1-8-19-16(18)14-15(2)12-10-9-11-13-20-21(6,7)17(3,4)5/h14H,8-13H2,1-7H3/b15-14+. The highest BCUT2D eigenvalue weighted by Gasteiger charge is 2.36. The number of esters is 1. The van der Waals surface area contributed by atoms with Gasteiger partial charge in [-0.3, -0.25) is 0 Å². The first kappa shape index (κ1) is 20.4. The Bertz CT molecular complexity index is 340. The van der Waals surface area contributed by atoms with E-state index in [2.05, 4.69) is 33.9 Å². The van der Waals surface area contributed by atoms with Gasteiger partial charge in [-0.15, -0.1) is 0 Å². The van der Waals surface area contributed by atoms with Crippen molar-refractivity contribution in [1.82, 2.24) is 0 Å². The van der Waals surface area contributed by atoms with E-state index in [4.69, 9.17) is 9.16 Å². The molecule has 0 aliphatic heterocycles. The highest BCUT2D eigenvalue weighted by molar-refractivity contribution is 6.74. The third-order valence-electron chi connectivity index (χ3n) is 4.14. The maximum absolute atomic E-state index is 11.3. The van der Waals surface area contributed by atoms with E-state index in [9.17, 15) is 4.79 Å². The average Bonchev–Trinajstić information content (AvgIpc) is 2.32. The number of rotatable bonds is 9. The largest absolute Gasteiger partial charge is 0.463 e. The molecule has 0 aromatic rings. The molecular formula is C17H34O3Si. The van der Waals surface area contributed by atoms with Crippen molar-refractivity contribution < 1.29 is 14.0 Å². The van der Waals surface area contributed by atoms with Gasteiger partial charge < -0.3 is 9.16 Å². The smallest absolute Gasteiger partial charge is 0.330 e. The second-order valence-electron chi connectivity index (χ2n) is 7.16. The van der Waals surface area contributed by atoms with Crippen molar-refractivity contribution in [3.05, 3.63) is 11.6 Å². The average molecular weight is 315 g/mol. The van der Waals surface area contributed by atoms with Crippen LogP contribution in [0.5, 0.6) is 0 Å². The van der Waals surface area contributed by atoms with E-state index < -0.39 is 8.32 Å². The predicted octanol–water partition coefficient (Wildman–Crippen LogP) is 5.08. The van der Waals surface area contributed by atoms with Crippen LogP contribution in [-0.2, 0) is 14.0 Å². The first-order valence-electron chi connectivity index (χ1n) is 8.08. The summed E-state index contributed by atoms with van der Waals surface area (Å²) in [4.78, 5) is 11.3. The summed E-state index contributed by atoms with van der Waals surface area (Å²) >= 11 is 0. The van der Waals surface area contributed by atoms with Crippen molar-refractivity contribution in [3.8, 4) is 0 Å². The minimum atomic E-state index is -1.59. The number of carbonyl (C=O) groups is 1. The SMILES string of the molecule is CCOC(=O)/C=C(\C)CCCCCO[Si](C)(C)C(C)(C)C. The number of carbonyl (C=O) groups excluding carboxylic acids is 1. The van der Waals surface area contributed by atoms with Crippen LogP contribution in [0.1, 0.15) is 60.3 Å². The molecule has 0 unspecified atom stereocenters. The Balaban J connectivity index is 3.81. The second kappa shape index (κ2) is 9.41. The molecule has 0 aliphatic carbocycles. The first-order chi connectivity index (χ1) is 9.60. The van der Waals surface area contributed by atoms with Crippen LogP contribution in [-0.4, -0.2) is 27.5 Å². The van der Waals surface area contributed by atoms with Crippen molar-refractivity contribution in [3.63, 3.8) is 0 Å². The normalized spacial score (nSPS) is 13.4. The van der Waals surface area contributed by atoms with Gasteiger partial charge in [0, 0.05) is 12.7 Å². The molecule has 0 saturated carbocycles. The maximum atomic E-state index is 11.3. The van der Waals surface area contributed by atoms with E-state index in [1.165, 1.54) is 0 Å². The Morgan fingerprint density at radius 3 is 2.29 bits per heavy atom. The fourth-order valence-electron chi connectivity index (χ4n) is 1.68. The van der Waals surface area contributed by atoms with Gasteiger partial charge in [0.1, 0.15) is 0 Å². The third-order valence-corrected chi connectivity index (χ3v) is 8.67. The molecule has 0 radical (unpaired) electrons. The van der Waals surface area contributed by atoms with Crippen molar-refractivity contribution in [2.45, 2.75) is 78.4 Å². The van der Waals surface area contributed by atoms with E-state index in [1.807, 2.05) is 13.8 Å². The Kier molecular flexibility index (Phi) is 9.14. The van der Waals surface area contributed by atoms with Crippen LogP contribution in [0, 0.1) is 0 Å². The summed E-state index contributed by atoms with van der Waals surface area (Å²) in [5, 5.41) is 0.284. The minimum absolute atomic E-state index is 0.226. The van der Waals surface area contributed by atoms with Gasteiger partial charge >= 0.3 is 5.97 Å². The quantitative estimate of drug-likeness (QED) is 0.258. The lowest BCUT2D eigenvalue weighted by atomic mass is 10.1. The monoisotopic (exact) mass is 314 g/mol. The van der Waals surface area contributed by atoms with Crippen LogP contribution in [0.15, 0.2) is 11.6 Å². The Labute approximate surface area is 132 Å². The van der Waals surface area contributed by atoms with E-state index in [1.54, 1.807) is 6.08 Å². The summed E-state index contributed by atoms with van der Waals surface area (Å²) in [6.45, 7) is 16.5. The molecule has 0 N–H and O–H groups in total. The number of allylic oxidation sites excluding steroid dienone is 1. The molecule has 0 rings (SSSR count). The molecular weight excluding hydrogens is 280 g/mol. The van der Waals surface area contributed by atoms with Crippen LogP contribution in [0.4, 0.5) is 0 Å². The van der Waals surface area contributed by atoms with E-state index in [0.29, 0.717) is 6.61 Å². The van der Waals surface area contributed by atoms with Gasteiger partial charge in [-0.2, -0.15) is 0 Å². The molecule has 0 aliphatic rings. The summed E-state index contributed by atoms with van der Waals surface area (Å²) in [6, 6.07) is 0. The lowest BCUT2D eigenvalue weighted by Crippen LogP contribution is -2.40. The van der Waals surface area contributed by atoms with Gasteiger partial charge in [-0.1, -0.05) is 32.8 Å². The van der Waals surface area contributed by atoms with Crippen LogP contribution in [0.3, 0.4) is 0 Å². The van der Waals surface area contributed by atoms with Gasteiger partial charge in [0.2, 0.25) is 0 Å². The van der Waals surface area contributed by atoms with Crippen molar-refractivity contribution >= 4 is 14.3 Å². The molecule has 0 spiro atoms. The van der Waals surface area contributed by atoms with Crippen LogP contribution >= 0.6 is 0 Å². The fourth-order valence-corrected chi connectivity index (χ4v) is 2.77. The van der Waals surface area contributed by atoms with Gasteiger partial charge in [0.15, 0.2) is 8.32 Å². The maximum Gasteiger partial charge on any atom is 0.330 e. The summed E-state index contributed by atoms with van der Waals surface area (Å²) in [7, 11) is -1.59. The zero-order valence-corrected chi connectivity index (χ0v) is 16.0. The lowest BCUT2D eigenvalue weighted by Gasteiger charge is -2.36. The second-order valence-corrected chi connectivity index (χ2v) is 12.0. The van der Waals surface area contributed by atoms with E-state index >= 15 is 0 Å². The van der Waals surface area contributed by atoms with Crippen molar-refractivity contribution in [1.29, 1.82) is 0 Å². The molecule has 3 nitrogen and oxygen atoms in total. The Morgan fingerprint density at radius 1 is 1.14 bits per heavy atom. The van der Waals surface area contributed by atoms with E-state index in [-0.39, 0.29) is 11.0 Å². The topological polar surface area (TPSA) is 35.5 Å². The third kappa shape index (κ3) is 9.09. The van der Waals surface area contributed by atoms with E-state index in [0.717, 1.165) is 37.9 Å². The Morgan fingerprint density at radius 2 is 1.76 bits per heavy atom. The summed E-state index contributed by atoms with van der Waals surface area (Å²) in [6.07, 6.45) is 5.90. The summed E-state index contributed by atoms with van der Waals surface area (Å²) in [5.41, 5.74) is 1.10. The van der Waals surface area contributed by atoms with Crippen LogP contribution < -0.4 is 0 Å². The molecule has 4 heteroatoms. The van der Waals surface area contributed by atoms with Gasteiger partial charge in [-0.25, -0.2) is 4.79 Å². The van der Waals surface area contributed by atoms with Gasteiger partial charge in [0.05, 0.1) is 6.61 Å². The molecule has 0 aromatic carbocycles. The number of ether oxygens (including phenoxy) is 1. The number of hydrogen-bond donors (Lipinski definition) is 0. The predicted molar refractivity (Wildman–Crippen MR) is 92.0 cm³/mol. The minimum Gasteiger partial charge on any atom is -0.463 e. The molecule has 124 valence electrons. The van der Waals surface area contributed by atoms with Crippen molar-refractivity contribution in [2.24, 2.45) is 0 Å². The fraction of sp³-hybridized carbons (Fsp3) is 0.824. The number of unbranched alkanes of at least 4 members (excludes halogenated alkanes) is 2. The zero-order chi connectivity index (χ0) is 16.5. The molecule has 0 aromatic heterocycles. The molecule has 0 atom stereocenters. The molecule has 0 amide bonds. The molecule has 0 bridgehead atoms. The molecule has 0 heterocycles. The van der Waals surface area contributed by atoms with Gasteiger partial charge in [-0.05, 0) is 51.2 Å². The number of hydrogen-bond acceptors (Lipinski definition) is 3. The zero-order valence-electron chi connectivity index (χ0n) is 15.0. The molecule has 21 heavy (non-hydrogen) atoms. The highest BCUT2D eigenvalue weighted by atomic mass is 28.4. The summed E-state index contributed by atoms with van der Waals surface area (Å²) < 4.78 is 11.0. The summed E-state index contributed by atoms with van der Waals surface area (Å²) in [5.74, 6) is -0.226. The van der Waals surface area contributed by atoms with Crippen LogP contribution in [0.2, 0.25) is 18.1 Å². The Hall–Kier alpha value is -0.613.